The molecule has 2 heterocycles. The molecule has 0 spiro atoms. The molecule has 102 valence electrons. The lowest BCUT2D eigenvalue weighted by Crippen LogP contribution is -2.13. The van der Waals surface area contributed by atoms with Gasteiger partial charge in [0.05, 0.1) is 18.3 Å². The molecule has 0 saturated heterocycles. The minimum atomic E-state index is -0.0330. The van der Waals surface area contributed by atoms with Crippen LogP contribution in [0.25, 0.3) is 10.9 Å². The summed E-state index contributed by atoms with van der Waals surface area (Å²) in [4.78, 5) is 12.1. The summed E-state index contributed by atoms with van der Waals surface area (Å²) >= 11 is 0. The summed E-state index contributed by atoms with van der Waals surface area (Å²) in [5.74, 6) is -0.0330. The fraction of sp³-hybridized carbons (Fsp3) is 0.200. The van der Waals surface area contributed by atoms with Gasteiger partial charge in [-0.25, -0.2) is 0 Å². The summed E-state index contributed by atoms with van der Waals surface area (Å²) in [7, 11) is 3.81. The molecule has 1 N–H and O–H groups in total. The number of carbonyl (C=O) groups excluding carboxylic acids is 1. The van der Waals surface area contributed by atoms with Crippen molar-refractivity contribution in [1.82, 2.24) is 14.3 Å². The predicted molar refractivity (Wildman–Crippen MR) is 78.5 cm³/mol. The van der Waals surface area contributed by atoms with E-state index in [9.17, 15) is 4.79 Å². The second-order valence-electron chi connectivity index (χ2n) is 4.91. The molecular formula is C15H16N4O. The molecule has 5 nitrogen and oxygen atoms in total. The Morgan fingerprint density at radius 1 is 1.25 bits per heavy atom. The molecule has 1 aromatic carbocycles. The van der Waals surface area contributed by atoms with Crippen molar-refractivity contribution in [1.29, 1.82) is 0 Å². The Bertz CT molecular complexity index is 769. The lowest BCUT2D eigenvalue weighted by atomic mass is 10.1. The molecule has 0 radical (unpaired) electrons. The summed E-state index contributed by atoms with van der Waals surface area (Å²) in [5, 5.41) is 8.00. The normalized spacial score (nSPS) is 10.9. The molecule has 2 aromatic heterocycles. The Morgan fingerprint density at radius 3 is 2.80 bits per heavy atom. The van der Waals surface area contributed by atoms with E-state index in [0.29, 0.717) is 6.42 Å². The lowest BCUT2D eigenvalue weighted by molar-refractivity contribution is -0.115. The third-order valence-corrected chi connectivity index (χ3v) is 3.32. The lowest BCUT2D eigenvalue weighted by Gasteiger charge is -2.01. The van der Waals surface area contributed by atoms with Crippen molar-refractivity contribution in [2.24, 2.45) is 14.1 Å². The van der Waals surface area contributed by atoms with Crippen LogP contribution in [0.15, 0.2) is 42.9 Å². The highest BCUT2D eigenvalue weighted by molar-refractivity contribution is 5.95. The Labute approximate surface area is 116 Å². The number of aryl methyl sites for hydroxylation is 2. The fourth-order valence-electron chi connectivity index (χ4n) is 2.43. The summed E-state index contributed by atoms with van der Waals surface area (Å²) in [6, 6.07) is 8.09. The van der Waals surface area contributed by atoms with Crippen LogP contribution in [-0.2, 0) is 25.3 Å². The quantitative estimate of drug-likeness (QED) is 0.790. The summed E-state index contributed by atoms with van der Waals surface area (Å²) < 4.78 is 3.70. The third kappa shape index (κ3) is 2.30. The van der Waals surface area contributed by atoms with Gasteiger partial charge in [0, 0.05) is 37.4 Å². The van der Waals surface area contributed by atoms with E-state index in [4.69, 9.17) is 0 Å². The summed E-state index contributed by atoms with van der Waals surface area (Å²) in [6.45, 7) is 0. The number of aromatic nitrogens is 3. The minimum Gasteiger partial charge on any atom is -0.350 e. The van der Waals surface area contributed by atoms with Crippen LogP contribution in [0.5, 0.6) is 0 Å². The zero-order valence-electron chi connectivity index (χ0n) is 11.5. The molecule has 0 atom stereocenters. The van der Waals surface area contributed by atoms with Crippen LogP contribution >= 0.6 is 0 Å². The predicted octanol–water partition coefficient (Wildman–Crippen LogP) is 2.09. The van der Waals surface area contributed by atoms with Crippen LogP contribution in [0.1, 0.15) is 5.56 Å². The molecule has 0 fully saturated rings. The number of nitrogens with one attached hydrogen (secondary N) is 1. The van der Waals surface area contributed by atoms with Gasteiger partial charge in [-0.05, 0) is 11.6 Å². The highest BCUT2D eigenvalue weighted by Crippen LogP contribution is 2.21. The van der Waals surface area contributed by atoms with Crippen molar-refractivity contribution in [3.05, 3.63) is 48.4 Å². The van der Waals surface area contributed by atoms with E-state index < -0.39 is 0 Å². The van der Waals surface area contributed by atoms with Gasteiger partial charge in [0.1, 0.15) is 0 Å². The van der Waals surface area contributed by atoms with Crippen LogP contribution in [0, 0.1) is 0 Å². The van der Waals surface area contributed by atoms with Gasteiger partial charge in [0.25, 0.3) is 0 Å². The number of nitrogens with zero attached hydrogens (tertiary/aromatic N) is 3. The van der Waals surface area contributed by atoms with Crippen molar-refractivity contribution in [2.75, 3.05) is 5.32 Å². The number of carbonyl (C=O) groups is 1. The maximum absolute atomic E-state index is 12.1. The molecule has 0 unspecified atom stereocenters. The molecule has 0 aliphatic carbocycles. The van der Waals surface area contributed by atoms with E-state index in [-0.39, 0.29) is 5.91 Å². The second-order valence-corrected chi connectivity index (χ2v) is 4.91. The average molecular weight is 268 g/mol. The Hall–Kier alpha value is -2.56. The van der Waals surface area contributed by atoms with Crippen LogP contribution < -0.4 is 5.32 Å². The summed E-state index contributed by atoms with van der Waals surface area (Å²) in [6.07, 6.45) is 5.78. The molecule has 1 amide bonds. The molecule has 3 rings (SSSR count). The molecule has 0 saturated carbocycles. The van der Waals surface area contributed by atoms with Gasteiger partial charge in [0.15, 0.2) is 0 Å². The Kier molecular flexibility index (Phi) is 3.02. The van der Waals surface area contributed by atoms with Gasteiger partial charge < -0.3 is 9.88 Å². The largest absolute Gasteiger partial charge is 0.350 e. The number of para-hydroxylation sites is 1. The van der Waals surface area contributed by atoms with Crippen LogP contribution in [0.3, 0.4) is 0 Å². The van der Waals surface area contributed by atoms with Gasteiger partial charge in [-0.2, -0.15) is 5.10 Å². The molecular weight excluding hydrogens is 252 g/mol. The molecule has 0 bridgehead atoms. The molecule has 0 aliphatic heterocycles. The first kappa shape index (κ1) is 12.5. The third-order valence-electron chi connectivity index (χ3n) is 3.32. The molecule has 5 heteroatoms. The first-order valence-electron chi connectivity index (χ1n) is 6.45. The van der Waals surface area contributed by atoms with E-state index in [0.717, 1.165) is 22.2 Å². The summed E-state index contributed by atoms with van der Waals surface area (Å²) in [5.41, 5.74) is 2.89. The van der Waals surface area contributed by atoms with Gasteiger partial charge in [0.2, 0.25) is 5.91 Å². The van der Waals surface area contributed by atoms with Crippen molar-refractivity contribution in [3.8, 4) is 0 Å². The van der Waals surface area contributed by atoms with Crippen molar-refractivity contribution in [2.45, 2.75) is 6.42 Å². The van der Waals surface area contributed by atoms with Crippen molar-refractivity contribution >= 4 is 22.5 Å². The number of benzene rings is 1. The van der Waals surface area contributed by atoms with E-state index in [1.165, 1.54) is 0 Å². The number of amides is 1. The Balaban J connectivity index is 1.81. The zero-order chi connectivity index (χ0) is 14.1. The van der Waals surface area contributed by atoms with E-state index in [2.05, 4.69) is 16.5 Å². The number of rotatable bonds is 3. The molecule has 3 aromatic rings. The second kappa shape index (κ2) is 4.85. The topological polar surface area (TPSA) is 51.9 Å². The maximum Gasteiger partial charge on any atom is 0.228 e. The van der Waals surface area contributed by atoms with Crippen molar-refractivity contribution < 1.29 is 4.79 Å². The van der Waals surface area contributed by atoms with E-state index in [1.807, 2.05) is 43.1 Å². The average Bonchev–Trinajstić information content (AvgIpc) is 2.95. The highest BCUT2D eigenvalue weighted by Gasteiger charge is 2.11. The van der Waals surface area contributed by atoms with Crippen LogP contribution in [0.4, 0.5) is 5.69 Å². The zero-order valence-corrected chi connectivity index (χ0v) is 11.5. The van der Waals surface area contributed by atoms with Crippen molar-refractivity contribution in [3.63, 3.8) is 0 Å². The maximum atomic E-state index is 12.1. The van der Waals surface area contributed by atoms with Gasteiger partial charge >= 0.3 is 0 Å². The van der Waals surface area contributed by atoms with E-state index >= 15 is 0 Å². The first-order chi connectivity index (χ1) is 9.63. The molecule has 20 heavy (non-hydrogen) atoms. The fourth-order valence-corrected chi connectivity index (χ4v) is 2.43. The van der Waals surface area contributed by atoms with Crippen LogP contribution in [-0.4, -0.2) is 20.3 Å². The van der Waals surface area contributed by atoms with E-state index in [1.54, 1.807) is 17.1 Å². The van der Waals surface area contributed by atoms with Crippen LogP contribution in [0.2, 0.25) is 0 Å². The Morgan fingerprint density at radius 2 is 2.05 bits per heavy atom. The molecule has 0 aliphatic rings. The smallest absolute Gasteiger partial charge is 0.228 e. The number of hydrogen-bond acceptors (Lipinski definition) is 2. The standard InChI is InChI=1S/C15H16N4O/c1-18-9-11(13-5-3-4-6-14(13)18)7-15(20)17-12-8-16-19(2)10-12/h3-6,8-10H,7H2,1-2H3,(H,17,20). The monoisotopic (exact) mass is 268 g/mol. The first-order valence-corrected chi connectivity index (χ1v) is 6.45. The number of anilines is 1. The van der Waals surface area contributed by atoms with Gasteiger partial charge in [-0.1, -0.05) is 18.2 Å². The SMILES string of the molecule is Cn1cc(NC(=O)Cc2cn(C)c3ccccc23)cn1. The van der Waals surface area contributed by atoms with Gasteiger partial charge in [-0.15, -0.1) is 0 Å². The van der Waals surface area contributed by atoms with Gasteiger partial charge in [-0.3, -0.25) is 9.48 Å². The highest BCUT2D eigenvalue weighted by atomic mass is 16.1. The minimum absolute atomic E-state index is 0.0330. The number of hydrogen-bond donors (Lipinski definition) is 1. The number of fused-ring (bicyclic) bond motifs is 1.